The third-order valence-corrected chi connectivity index (χ3v) is 4.47. The molecule has 0 unspecified atom stereocenters. The van der Waals surface area contributed by atoms with Gasteiger partial charge in [0.05, 0.1) is 11.6 Å². The quantitative estimate of drug-likeness (QED) is 0.451. The summed E-state index contributed by atoms with van der Waals surface area (Å²) in [5.41, 5.74) is 15.6. The molecule has 0 saturated carbocycles. The zero-order chi connectivity index (χ0) is 17.4. The zero-order valence-electron chi connectivity index (χ0n) is 13.3. The zero-order valence-corrected chi connectivity index (χ0v) is 14.1. The second-order valence-corrected chi connectivity index (χ2v) is 6.33. The molecule has 0 aliphatic carbocycles. The number of rotatable bonds is 4. The number of anilines is 1. The number of imidazole rings is 1. The van der Waals surface area contributed by atoms with Gasteiger partial charge in [0.1, 0.15) is 16.7 Å². The highest BCUT2D eigenvalue weighted by Gasteiger charge is 2.17. The molecule has 2 heterocycles. The summed E-state index contributed by atoms with van der Waals surface area (Å²) in [6.45, 7) is 0. The SMILES string of the molecule is Nc1n[nH]c2cc(-c3nc([C@@H](N)Cc4ccccc4)[nH]c3Cl)ccc12. The predicted molar refractivity (Wildman–Crippen MR) is 100 cm³/mol. The van der Waals surface area contributed by atoms with E-state index in [1.807, 2.05) is 48.5 Å². The molecule has 0 bridgehead atoms. The van der Waals surface area contributed by atoms with Crippen LogP contribution < -0.4 is 11.5 Å². The number of fused-ring (bicyclic) bond motifs is 1. The van der Waals surface area contributed by atoms with Crippen LogP contribution in [0.1, 0.15) is 17.4 Å². The van der Waals surface area contributed by atoms with Gasteiger partial charge < -0.3 is 16.5 Å². The molecule has 2 aromatic heterocycles. The summed E-state index contributed by atoms with van der Waals surface area (Å²) in [7, 11) is 0. The molecule has 4 rings (SSSR count). The van der Waals surface area contributed by atoms with E-state index in [9.17, 15) is 0 Å². The minimum Gasteiger partial charge on any atom is -0.382 e. The maximum Gasteiger partial charge on any atom is 0.153 e. The number of benzene rings is 2. The number of nitrogens with two attached hydrogens (primary N) is 2. The highest BCUT2D eigenvalue weighted by atomic mass is 35.5. The van der Waals surface area contributed by atoms with Crippen LogP contribution in [0.3, 0.4) is 0 Å². The third kappa shape index (κ3) is 2.97. The van der Waals surface area contributed by atoms with E-state index >= 15 is 0 Å². The molecule has 0 saturated heterocycles. The molecule has 0 aliphatic heterocycles. The molecular weight excluding hydrogens is 336 g/mol. The Balaban J connectivity index is 1.64. The van der Waals surface area contributed by atoms with Crippen molar-refractivity contribution in [2.75, 3.05) is 5.73 Å². The fraction of sp³-hybridized carbons (Fsp3) is 0.111. The lowest BCUT2D eigenvalue weighted by molar-refractivity contribution is 0.678. The molecule has 4 aromatic rings. The van der Waals surface area contributed by atoms with Crippen molar-refractivity contribution in [3.63, 3.8) is 0 Å². The molecular formula is C18H17ClN6. The first-order chi connectivity index (χ1) is 12.1. The monoisotopic (exact) mass is 352 g/mol. The summed E-state index contributed by atoms with van der Waals surface area (Å²) >= 11 is 6.36. The molecule has 25 heavy (non-hydrogen) atoms. The second kappa shape index (κ2) is 6.23. The van der Waals surface area contributed by atoms with Gasteiger partial charge in [-0.25, -0.2) is 4.98 Å². The lowest BCUT2D eigenvalue weighted by Gasteiger charge is -2.08. The van der Waals surface area contributed by atoms with Crippen LogP contribution in [0.4, 0.5) is 5.82 Å². The van der Waals surface area contributed by atoms with Crippen LogP contribution in [0.2, 0.25) is 5.15 Å². The fourth-order valence-corrected chi connectivity index (χ4v) is 3.14. The van der Waals surface area contributed by atoms with Crippen LogP contribution in [0.5, 0.6) is 0 Å². The number of aromatic nitrogens is 4. The maximum atomic E-state index is 6.36. The van der Waals surface area contributed by atoms with Gasteiger partial charge in [-0.1, -0.05) is 48.0 Å². The Labute approximate surface area is 149 Å². The highest BCUT2D eigenvalue weighted by Crippen LogP contribution is 2.30. The second-order valence-electron chi connectivity index (χ2n) is 5.95. The lowest BCUT2D eigenvalue weighted by Crippen LogP contribution is -2.15. The normalized spacial score (nSPS) is 12.6. The number of hydrogen-bond donors (Lipinski definition) is 4. The average molecular weight is 353 g/mol. The van der Waals surface area contributed by atoms with Crippen molar-refractivity contribution in [1.29, 1.82) is 0 Å². The van der Waals surface area contributed by atoms with Crippen LogP contribution in [0.15, 0.2) is 48.5 Å². The molecule has 1 atom stereocenters. The number of hydrogen-bond acceptors (Lipinski definition) is 4. The molecule has 6 nitrogen and oxygen atoms in total. The molecule has 7 heteroatoms. The third-order valence-electron chi connectivity index (χ3n) is 4.19. The molecule has 2 aromatic carbocycles. The Morgan fingerprint density at radius 1 is 1.12 bits per heavy atom. The van der Waals surface area contributed by atoms with Crippen molar-refractivity contribution in [2.45, 2.75) is 12.5 Å². The van der Waals surface area contributed by atoms with Crippen molar-refractivity contribution in [3.05, 3.63) is 65.1 Å². The van der Waals surface area contributed by atoms with Gasteiger partial charge in [-0.15, -0.1) is 0 Å². The van der Waals surface area contributed by atoms with Crippen LogP contribution in [0.25, 0.3) is 22.2 Å². The Morgan fingerprint density at radius 3 is 2.72 bits per heavy atom. The van der Waals surface area contributed by atoms with Crippen molar-refractivity contribution < 1.29 is 0 Å². The van der Waals surface area contributed by atoms with Crippen molar-refractivity contribution >= 4 is 28.3 Å². The van der Waals surface area contributed by atoms with E-state index in [1.165, 1.54) is 0 Å². The molecule has 0 fully saturated rings. The van der Waals surface area contributed by atoms with Crippen LogP contribution in [0, 0.1) is 0 Å². The topological polar surface area (TPSA) is 109 Å². The van der Waals surface area contributed by atoms with Gasteiger partial charge in [0.25, 0.3) is 0 Å². The van der Waals surface area contributed by atoms with Crippen LogP contribution in [-0.2, 0) is 6.42 Å². The van der Waals surface area contributed by atoms with Crippen LogP contribution in [-0.4, -0.2) is 20.2 Å². The minimum atomic E-state index is -0.264. The van der Waals surface area contributed by atoms with Crippen molar-refractivity contribution in [1.82, 2.24) is 20.2 Å². The number of nitrogen functional groups attached to an aromatic ring is 1. The summed E-state index contributed by atoms with van der Waals surface area (Å²) in [6, 6.07) is 15.5. The molecule has 0 aliphatic rings. The Kier molecular flexibility index (Phi) is 3.91. The smallest absolute Gasteiger partial charge is 0.153 e. The first kappa shape index (κ1) is 15.7. The van der Waals surface area contributed by atoms with E-state index in [0.717, 1.165) is 22.0 Å². The van der Waals surface area contributed by atoms with E-state index in [1.54, 1.807) is 0 Å². The summed E-state index contributed by atoms with van der Waals surface area (Å²) in [6.07, 6.45) is 0.681. The van der Waals surface area contributed by atoms with Crippen LogP contribution >= 0.6 is 11.6 Å². The first-order valence-corrected chi connectivity index (χ1v) is 8.28. The minimum absolute atomic E-state index is 0.264. The molecule has 0 spiro atoms. The predicted octanol–water partition coefficient (Wildman–Crippen LogP) is 3.43. The largest absolute Gasteiger partial charge is 0.382 e. The molecule has 6 N–H and O–H groups in total. The van der Waals surface area contributed by atoms with Gasteiger partial charge in [0.15, 0.2) is 5.82 Å². The molecule has 0 amide bonds. The number of nitrogens with one attached hydrogen (secondary N) is 2. The molecule has 126 valence electrons. The Hall–Kier alpha value is -2.83. The number of aromatic amines is 2. The molecule has 0 radical (unpaired) electrons. The number of nitrogens with zero attached hydrogens (tertiary/aromatic N) is 2. The lowest BCUT2D eigenvalue weighted by atomic mass is 10.1. The number of H-pyrrole nitrogens is 2. The van der Waals surface area contributed by atoms with E-state index in [-0.39, 0.29) is 6.04 Å². The van der Waals surface area contributed by atoms with Gasteiger partial charge in [-0.3, -0.25) is 5.10 Å². The standard InChI is InChI=1S/C18H17ClN6/c19-16-15(11-6-7-12-14(9-11)24-25-17(12)21)22-18(23-16)13(20)8-10-4-2-1-3-5-10/h1-7,9,13H,8,20H2,(H,22,23)(H3,21,24,25)/t13-/m0/s1. The number of halogens is 1. The van der Waals surface area contributed by atoms with E-state index in [4.69, 9.17) is 23.1 Å². The Bertz CT molecular complexity index is 1020. The van der Waals surface area contributed by atoms with E-state index in [2.05, 4.69) is 20.2 Å². The van der Waals surface area contributed by atoms with Gasteiger partial charge in [-0.2, -0.15) is 5.10 Å². The maximum absolute atomic E-state index is 6.36. The average Bonchev–Trinajstić information content (AvgIpc) is 3.19. The summed E-state index contributed by atoms with van der Waals surface area (Å²) < 4.78 is 0. The summed E-state index contributed by atoms with van der Waals surface area (Å²) in [5, 5.41) is 8.24. The fourth-order valence-electron chi connectivity index (χ4n) is 2.89. The van der Waals surface area contributed by atoms with Gasteiger partial charge in [0.2, 0.25) is 0 Å². The first-order valence-electron chi connectivity index (χ1n) is 7.90. The Morgan fingerprint density at radius 2 is 1.92 bits per heavy atom. The van der Waals surface area contributed by atoms with Gasteiger partial charge in [0, 0.05) is 10.9 Å². The van der Waals surface area contributed by atoms with Crippen molar-refractivity contribution in [2.24, 2.45) is 5.73 Å². The van der Waals surface area contributed by atoms with Crippen molar-refractivity contribution in [3.8, 4) is 11.3 Å². The van der Waals surface area contributed by atoms with E-state index in [0.29, 0.717) is 28.9 Å². The summed E-state index contributed by atoms with van der Waals surface area (Å²) in [5.74, 6) is 1.13. The summed E-state index contributed by atoms with van der Waals surface area (Å²) in [4.78, 5) is 7.71. The van der Waals surface area contributed by atoms with Gasteiger partial charge >= 0.3 is 0 Å². The highest BCUT2D eigenvalue weighted by molar-refractivity contribution is 6.32. The van der Waals surface area contributed by atoms with Gasteiger partial charge in [-0.05, 0) is 24.1 Å². The van der Waals surface area contributed by atoms with E-state index < -0.39 is 0 Å².